The predicted octanol–water partition coefficient (Wildman–Crippen LogP) is 6.61. The molecule has 2 amide bonds. The number of hydrogen-bond acceptors (Lipinski definition) is 7. The lowest BCUT2D eigenvalue weighted by Crippen LogP contribution is -2.69. The number of nitrogens with zero attached hydrogens (tertiary/aromatic N) is 3. The van der Waals surface area contributed by atoms with E-state index in [0.29, 0.717) is 36.2 Å². The van der Waals surface area contributed by atoms with E-state index in [1.165, 1.54) is 22.0 Å². The number of aliphatic hydroxyl groups is 2. The van der Waals surface area contributed by atoms with E-state index in [1.54, 1.807) is 19.1 Å². The van der Waals surface area contributed by atoms with Crippen molar-refractivity contribution >= 4 is 28.9 Å². The van der Waals surface area contributed by atoms with Gasteiger partial charge in [0.15, 0.2) is 0 Å². The number of halogens is 6. The number of carbonyl (C=O) groups excluding carboxylic acids is 2. The van der Waals surface area contributed by atoms with Gasteiger partial charge in [-0.1, -0.05) is 49.8 Å². The Kier molecular flexibility index (Phi) is 11.7. The fourth-order valence-corrected chi connectivity index (χ4v) is 7.97. The van der Waals surface area contributed by atoms with Gasteiger partial charge in [0.05, 0.1) is 23.8 Å². The molecule has 3 aliphatic rings. The number of carbonyl (C=O) groups is 2. The Bertz CT molecular complexity index is 1660. The second-order valence-corrected chi connectivity index (χ2v) is 14.0. The minimum absolute atomic E-state index is 0.0156. The molecular weight excluding hydrogens is 700 g/mol. The van der Waals surface area contributed by atoms with E-state index in [0.717, 1.165) is 23.1 Å². The third kappa shape index (κ3) is 8.20. The normalized spacial score (nSPS) is 22.6. The van der Waals surface area contributed by atoms with Gasteiger partial charge in [-0.15, -0.1) is 11.3 Å². The first-order valence-corrected chi connectivity index (χ1v) is 17.9. The fourth-order valence-electron chi connectivity index (χ4n) is 7.29. The van der Waals surface area contributed by atoms with Crippen LogP contribution in [0.2, 0.25) is 0 Å². The maximum atomic E-state index is 14.9. The van der Waals surface area contributed by atoms with Gasteiger partial charge in [-0.25, -0.2) is 0 Å². The van der Waals surface area contributed by atoms with Crippen LogP contribution in [0.25, 0.3) is 0 Å². The van der Waals surface area contributed by atoms with Crippen LogP contribution in [0, 0.1) is 0 Å². The molecular formula is C36H41F6N3O5S. The van der Waals surface area contributed by atoms with Crippen molar-refractivity contribution in [1.29, 1.82) is 0 Å². The van der Waals surface area contributed by atoms with Crippen LogP contribution in [-0.2, 0) is 27.8 Å². The second kappa shape index (κ2) is 15.5. The quantitative estimate of drug-likeness (QED) is 0.267. The number of piperidine rings is 2. The number of amides is 2. The van der Waals surface area contributed by atoms with E-state index in [1.807, 2.05) is 12.1 Å². The Hall–Kier alpha value is -3.69. The van der Waals surface area contributed by atoms with Crippen LogP contribution in [0.15, 0.2) is 64.5 Å². The topological polar surface area (TPSA) is 103 Å². The molecule has 2 aromatic rings. The van der Waals surface area contributed by atoms with Gasteiger partial charge >= 0.3 is 12.4 Å². The molecule has 2 atom stereocenters. The number of benzene rings is 1. The summed E-state index contributed by atoms with van der Waals surface area (Å²) in [6, 6.07) is 6.94. The van der Waals surface area contributed by atoms with Gasteiger partial charge in [0.1, 0.15) is 16.3 Å². The van der Waals surface area contributed by atoms with Gasteiger partial charge in [-0.2, -0.15) is 26.3 Å². The molecule has 8 nitrogen and oxygen atoms in total. The Morgan fingerprint density at radius 3 is 2.43 bits per heavy atom. The molecule has 0 saturated carbocycles. The average molecular weight is 742 g/mol. The molecule has 3 aliphatic heterocycles. The van der Waals surface area contributed by atoms with Crippen molar-refractivity contribution < 1.29 is 50.9 Å². The van der Waals surface area contributed by atoms with Crippen molar-refractivity contribution in [3.8, 4) is 5.75 Å². The van der Waals surface area contributed by atoms with Crippen molar-refractivity contribution in [1.82, 2.24) is 9.80 Å². The van der Waals surface area contributed by atoms with Gasteiger partial charge in [0, 0.05) is 44.1 Å². The molecule has 2 saturated heterocycles. The predicted molar refractivity (Wildman–Crippen MR) is 179 cm³/mol. The lowest BCUT2D eigenvalue weighted by Gasteiger charge is -2.51. The minimum atomic E-state index is -4.91. The highest BCUT2D eigenvalue weighted by molar-refractivity contribution is 7.10. The zero-order valence-electron chi connectivity index (χ0n) is 28.1. The molecule has 2 N–H and O–H groups in total. The van der Waals surface area contributed by atoms with Crippen LogP contribution in [-0.4, -0.2) is 88.1 Å². The summed E-state index contributed by atoms with van der Waals surface area (Å²) in [5.74, 6) is -1.91. The van der Waals surface area contributed by atoms with E-state index >= 15 is 0 Å². The molecule has 0 aliphatic carbocycles. The summed E-state index contributed by atoms with van der Waals surface area (Å²) in [5, 5.41) is 22.3. The zero-order chi connectivity index (χ0) is 37.0. The highest BCUT2D eigenvalue weighted by Crippen LogP contribution is 2.43. The Morgan fingerprint density at radius 1 is 1.06 bits per heavy atom. The molecule has 1 aromatic heterocycles. The number of aliphatic hydroxyl groups excluding tert-OH is 1. The van der Waals surface area contributed by atoms with Crippen LogP contribution in [0.3, 0.4) is 0 Å². The Balaban J connectivity index is 1.51. The van der Waals surface area contributed by atoms with Crippen molar-refractivity contribution in [2.24, 2.45) is 4.99 Å². The first-order chi connectivity index (χ1) is 24.1. The third-order valence-electron chi connectivity index (χ3n) is 9.72. The number of hydrogen-bond donors (Lipinski definition) is 2. The fraction of sp³-hybridized carbons (Fsp3) is 0.528. The largest absolute Gasteiger partial charge is 0.474 e. The standard InChI is InChI=1S/C36H41F6N3O5S/c1-2-9-28-34(50-25-22-29(51-23-25)36(40,41)42,14-8-18-45(28)31(47)30-27(35(37,38)39)13-5-6-17-43-30)32(48)44-19-15-33(49,16-20-44)26-12-4-3-10-24(26)11-7-21-46/h3-6,10,12-13,22-23,28,46,49H,2,7-9,11,14-21H2,1H3. The van der Waals surface area contributed by atoms with Gasteiger partial charge in [-0.05, 0) is 55.7 Å². The van der Waals surface area contributed by atoms with Gasteiger partial charge in [0.2, 0.25) is 5.60 Å². The van der Waals surface area contributed by atoms with Crippen molar-refractivity contribution in [2.45, 2.75) is 87.9 Å². The Labute approximate surface area is 296 Å². The summed E-state index contributed by atoms with van der Waals surface area (Å²) in [6.45, 7) is 1.61. The third-order valence-corrected chi connectivity index (χ3v) is 10.7. The SMILES string of the molecule is CCCC1N(C(=O)C2=NCC=CC=C2C(F)(F)F)CCCC1(Oc1csc(C(F)(F)F)c1)C(=O)N1CCC(O)(c2ccccc2CCCO)CC1. The minimum Gasteiger partial charge on any atom is -0.474 e. The number of aryl methyl sites for hydroxylation is 1. The smallest absolute Gasteiger partial charge is 0.425 e. The maximum Gasteiger partial charge on any atom is 0.425 e. The molecule has 51 heavy (non-hydrogen) atoms. The number of allylic oxidation sites excluding steroid dienone is 2. The molecule has 0 spiro atoms. The Morgan fingerprint density at radius 2 is 1.78 bits per heavy atom. The van der Waals surface area contributed by atoms with Crippen molar-refractivity contribution in [3.63, 3.8) is 0 Å². The summed E-state index contributed by atoms with van der Waals surface area (Å²) < 4.78 is 89.8. The first-order valence-electron chi connectivity index (χ1n) is 17.0. The van der Waals surface area contributed by atoms with E-state index in [9.17, 15) is 46.1 Å². The number of rotatable bonds is 10. The van der Waals surface area contributed by atoms with E-state index in [2.05, 4.69) is 4.99 Å². The lowest BCUT2D eigenvalue weighted by atomic mass is 9.77. The molecule has 0 radical (unpaired) electrons. The number of ether oxygens (including phenoxy) is 1. The monoisotopic (exact) mass is 741 g/mol. The molecule has 5 rings (SSSR count). The summed E-state index contributed by atoms with van der Waals surface area (Å²) in [7, 11) is 0. The van der Waals surface area contributed by atoms with Crippen molar-refractivity contribution in [2.75, 3.05) is 32.8 Å². The molecule has 0 bridgehead atoms. The van der Waals surface area contributed by atoms with Gasteiger partial charge in [0.25, 0.3) is 11.8 Å². The number of thiophene rings is 1. The maximum absolute atomic E-state index is 14.9. The van der Waals surface area contributed by atoms with Crippen LogP contribution in [0.5, 0.6) is 5.75 Å². The van der Waals surface area contributed by atoms with Gasteiger partial charge in [-0.3, -0.25) is 14.6 Å². The number of likely N-dealkylation sites (tertiary alicyclic amines) is 2. The summed E-state index contributed by atoms with van der Waals surface area (Å²) in [6.07, 6.45) is -4.45. The summed E-state index contributed by atoms with van der Waals surface area (Å²) in [5.41, 5.74) is -3.76. The van der Waals surface area contributed by atoms with E-state index in [-0.39, 0.29) is 70.6 Å². The first kappa shape index (κ1) is 38.5. The average Bonchev–Trinajstić information content (AvgIpc) is 3.42. The van der Waals surface area contributed by atoms with Crippen LogP contribution < -0.4 is 4.74 Å². The van der Waals surface area contributed by atoms with E-state index < -0.39 is 57.6 Å². The second-order valence-electron chi connectivity index (χ2n) is 13.0. The molecule has 1 aromatic carbocycles. The number of aliphatic imine (C=N–C) groups is 1. The number of alkyl halides is 6. The summed E-state index contributed by atoms with van der Waals surface area (Å²) >= 11 is 0.382. The highest BCUT2D eigenvalue weighted by atomic mass is 32.1. The molecule has 4 heterocycles. The zero-order valence-corrected chi connectivity index (χ0v) is 28.9. The van der Waals surface area contributed by atoms with Crippen molar-refractivity contribution in [3.05, 3.63) is 75.5 Å². The van der Waals surface area contributed by atoms with Crippen LogP contribution >= 0.6 is 11.3 Å². The molecule has 278 valence electrons. The molecule has 15 heteroatoms. The molecule has 2 unspecified atom stereocenters. The summed E-state index contributed by atoms with van der Waals surface area (Å²) in [4.78, 5) is 34.6. The van der Waals surface area contributed by atoms with Gasteiger partial charge < -0.3 is 24.7 Å². The van der Waals surface area contributed by atoms with Crippen LogP contribution in [0.1, 0.15) is 67.9 Å². The lowest BCUT2D eigenvalue weighted by molar-refractivity contribution is -0.167. The molecule has 2 fully saturated rings. The van der Waals surface area contributed by atoms with E-state index in [4.69, 9.17) is 4.74 Å². The highest BCUT2D eigenvalue weighted by Gasteiger charge is 2.57. The van der Waals surface area contributed by atoms with Crippen LogP contribution in [0.4, 0.5) is 26.3 Å².